The molecular weight excluding hydrogens is 298 g/mol. The smallest absolute Gasteiger partial charge is 0.0645 e. The third-order valence-electron chi connectivity index (χ3n) is 4.48. The third kappa shape index (κ3) is 3.16. The monoisotopic (exact) mass is 319 g/mol. The highest BCUT2D eigenvalue weighted by molar-refractivity contribution is 5.65. The van der Waals surface area contributed by atoms with E-state index in [0.717, 1.165) is 31.7 Å². The van der Waals surface area contributed by atoms with E-state index in [1.165, 1.54) is 16.7 Å². The maximum atomic E-state index is 4.26. The van der Waals surface area contributed by atoms with Crippen molar-refractivity contribution in [3.05, 3.63) is 72.3 Å². The number of rotatable bonds is 4. The summed E-state index contributed by atoms with van der Waals surface area (Å²) in [6, 6.07) is 10.6. The Balaban J connectivity index is 1.39. The van der Waals surface area contributed by atoms with Gasteiger partial charge in [0.05, 0.1) is 11.9 Å². The molecular formula is C19H21N5. The van der Waals surface area contributed by atoms with Crippen molar-refractivity contribution in [2.45, 2.75) is 13.0 Å². The summed E-state index contributed by atoms with van der Waals surface area (Å²) in [5, 5.41) is 8.53. The fourth-order valence-corrected chi connectivity index (χ4v) is 3.14. The van der Waals surface area contributed by atoms with E-state index in [2.05, 4.69) is 51.6 Å². The summed E-state index contributed by atoms with van der Waals surface area (Å²) in [7, 11) is 1.96. The molecule has 0 atom stereocenters. The lowest BCUT2D eigenvalue weighted by molar-refractivity contribution is 0.294. The molecule has 0 radical (unpaired) electrons. The van der Waals surface area contributed by atoms with E-state index in [4.69, 9.17) is 0 Å². The Hall–Kier alpha value is -2.66. The molecule has 0 saturated carbocycles. The standard InChI is InChI=1S/C19H21N5/c1-22-15-18(13-21-22)17-7-11-23(12-8-17)14-16-3-5-19(6-4-16)24-10-2-9-20-24/h2-7,9-10,13,15H,8,11-12,14H2,1H3. The van der Waals surface area contributed by atoms with Gasteiger partial charge in [0.25, 0.3) is 0 Å². The van der Waals surface area contributed by atoms with Crippen LogP contribution in [0.15, 0.2) is 61.2 Å². The van der Waals surface area contributed by atoms with Gasteiger partial charge in [-0.15, -0.1) is 0 Å². The molecule has 3 aromatic rings. The summed E-state index contributed by atoms with van der Waals surface area (Å²) < 4.78 is 3.75. The maximum absolute atomic E-state index is 4.26. The van der Waals surface area contributed by atoms with Gasteiger partial charge in [-0.2, -0.15) is 10.2 Å². The van der Waals surface area contributed by atoms with E-state index in [9.17, 15) is 0 Å². The second-order valence-corrected chi connectivity index (χ2v) is 6.23. The van der Waals surface area contributed by atoms with Crippen LogP contribution < -0.4 is 0 Å². The number of aryl methyl sites for hydroxylation is 1. The number of hydrogen-bond donors (Lipinski definition) is 0. The number of hydrogen-bond acceptors (Lipinski definition) is 3. The minimum Gasteiger partial charge on any atom is -0.295 e. The normalized spacial score (nSPS) is 15.5. The Morgan fingerprint density at radius 2 is 2.00 bits per heavy atom. The maximum Gasteiger partial charge on any atom is 0.0645 e. The average Bonchev–Trinajstić information content (AvgIpc) is 3.28. The molecule has 1 aliphatic rings. The lowest BCUT2D eigenvalue weighted by Gasteiger charge is -2.26. The summed E-state index contributed by atoms with van der Waals surface area (Å²) in [4.78, 5) is 2.47. The SMILES string of the molecule is Cn1cc(C2=CCN(Cc3ccc(-n4cccn4)cc3)CC2)cn1. The second-order valence-electron chi connectivity index (χ2n) is 6.23. The quantitative estimate of drug-likeness (QED) is 0.742. The zero-order valence-corrected chi connectivity index (χ0v) is 13.8. The van der Waals surface area contributed by atoms with Crippen molar-refractivity contribution in [2.75, 3.05) is 13.1 Å². The van der Waals surface area contributed by atoms with Gasteiger partial charge >= 0.3 is 0 Å². The number of benzene rings is 1. The molecule has 0 spiro atoms. The number of nitrogens with zero attached hydrogens (tertiary/aromatic N) is 5. The first kappa shape index (κ1) is 14.9. The van der Waals surface area contributed by atoms with Crippen molar-refractivity contribution >= 4 is 5.57 Å². The van der Waals surface area contributed by atoms with Crippen LogP contribution in [0.4, 0.5) is 0 Å². The molecule has 0 bridgehead atoms. The van der Waals surface area contributed by atoms with E-state index in [0.29, 0.717) is 0 Å². The molecule has 0 aliphatic carbocycles. The second kappa shape index (κ2) is 6.45. The molecule has 0 N–H and O–H groups in total. The molecule has 2 aromatic heterocycles. The largest absolute Gasteiger partial charge is 0.295 e. The minimum absolute atomic E-state index is 0.982. The fourth-order valence-electron chi connectivity index (χ4n) is 3.14. The molecule has 1 aromatic carbocycles. The summed E-state index contributed by atoms with van der Waals surface area (Å²) in [5.74, 6) is 0. The zero-order valence-electron chi connectivity index (χ0n) is 13.8. The van der Waals surface area contributed by atoms with E-state index in [1.807, 2.05) is 34.9 Å². The van der Waals surface area contributed by atoms with Crippen LogP contribution in [0.3, 0.4) is 0 Å². The first-order chi connectivity index (χ1) is 11.8. The third-order valence-corrected chi connectivity index (χ3v) is 4.48. The Morgan fingerprint density at radius 1 is 1.12 bits per heavy atom. The first-order valence-corrected chi connectivity index (χ1v) is 8.27. The summed E-state index contributed by atoms with van der Waals surface area (Å²) >= 11 is 0. The molecule has 5 heteroatoms. The molecule has 122 valence electrons. The molecule has 0 saturated heterocycles. The molecule has 1 aliphatic heterocycles. The van der Waals surface area contributed by atoms with Gasteiger partial charge in [0.2, 0.25) is 0 Å². The van der Waals surface area contributed by atoms with Gasteiger partial charge in [0.1, 0.15) is 0 Å². The topological polar surface area (TPSA) is 38.9 Å². The predicted molar refractivity (Wildman–Crippen MR) is 94.6 cm³/mol. The minimum atomic E-state index is 0.982. The summed E-state index contributed by atoms with van der Waals surface area (Å²) in [6.45, 7) is 3.06. The van der Waals surface area contributed by atoms with Crippen LogP contribution in [-0.2, 0) is 13.6 Å². The van der Waals surface area contributed by atoms with Crippen molar-refractivity contribution in [1.82, 2.24) is 24.5 Å². The van der Waals surface area contributed by atoms with Crippen LogP contribution in [0.2, 0.25) is 0 Å². The Bertz CT molecular complexity index is 827. The van der Waals surface area contributed by atoms with E-state index < -0.39 is 0 Å². The van der Waals surface area contributed by atoms with Crippen LogP contribution in [0, 0.1) is 0 Å². The van der Waals surface area contributed by atoms with Crippen molar-refractivity contribution in [3.63, 3.8) is 0 Å². The van der Waals surface area contributed by atoms with Crippen molar-refractivity contribution in [3.8, 4) is 5.69 Å². The van der Waals surface area contributed by atoms with Crippen LogP contribution in [0.1, 0.15) is 17.5 Å². The van der Waals surface area contributed by atoms with E-state index >= 15 is 0 Å². The first-order valence-electron chi connectivity index (χ1n) is 8.27. The lowest BCUT2D eigenvalue weighted by Crippen LogP contribution is -2.27. The summed E-state index contributed by atoms with van der Waals surface area (Å²) in [5.41, 5.74) is 5.10. The molecule has 4 rings (SSSR count). The van der Waals surface area contributed by atoms with Crippen LogP contribution >= 0.6 is 0 Å². The van der Waals surface area contributed by atoms with E-state index in [1.54, 1.807) is 6.20 Å². The van der Waals surface area contributed by atoms with Gasteiger partial charge in [-0.05, 0) is 35.8 Å². The van der Waals surface area contributed by atoms with E-state index in [-0.39, 0.29) is 0 Å². The Kier molecular flexibility index (Phi) is 4.01. The van der Waals surface area contributed by atoms with Crippen LogP contribution in [0.5, 0.6) is 0 Å². The zero-order chi connectivity index (χ0) is 16.4. The highest BCUT2D eigenvalue weighted by Crippen LogP contribution is 2.22. The molecule has 5 nitrogen and oxygen atoms in total. The van der Waals surface area contributed by atoms with Gasteiger partial charge in [-0.1, -0.05) is 18.2 Å². The highest BCUT2D eigenvalue weighted by Gasteiger charge is 2.14. The number of aromatic nitrogens is 4. The van der Waals surface area contributed by atoms with Gasteiger partial charge in [0, 0.05) is 50.8 Å². The highest BCUT2D eigenvalue weighted by atomic mass is 15.3. The average molecular weight is 319 g/mol. The van der Waals surface area contributed by atoms with Gasteiger partial charge < -0.3 is 0 Å². The lowest BCUT2D eigenvalue weighted by atomic mass is 10.0. The molecule has 0 amide bonds. The summed E-state index contributed by atoms with van der Waals surface area (Å²) in [6.07, 6.45) is 11.2. The fraction of sp³-hybridized carbons (Fsp3) is 0.263. The molecule has 0 unspecified atom stereocenters. The van der Waals surface area contributed by atoms with Crippen LogP contribution in [-0.4, -0.2) is 37.6 Å². The predicted octanol–water partition coefficient (Wildman–Crippen LogP) is 2.90. The Morgan fingerprint density at radius 3 is 2.62 bits per heavy atom. The van der Waals surface area contributed by atoms with Gasteiger partial charge in [-0.25, -0.2) is 4.68 Å². The van der Waals surface area contributed by atoms with Crippen LogP contribution in [0.25, 0.3) is 11.3 Å². The van der Waals surface area contributed by atoms with Gasteiger partial charge in [-0.3, -0.25) is 9.58 Å². The Labute approximate surface area is 141 Å². The molecule has 0 fully saturated rings. The van der Waals surface area contributed by atoms with Crippen molar-refractivity contribution in [1.29, 1.82) is 0 Å². The molecule has 3 heterocycles. The molecule has 24 heavy (non-hydrogen) atoms. The van der Waals surface area contributed by atoms with Gasteiger partial charge in [0.15, 0.2) is 0 Å². The van der Waals surface area contributed by atoms with Crippen molar-refractivity contribution < 1.29 is 0 Å². The van der Waals surface area contributed by atoms with Crippen molar-refractivity contribution in [2.24, 2.45) is 7.05 Å².